The summed E-state index contributed by atoms with van der Waals surface area (Å²) in [5.74, 6) is -0.693. The summed E-state index contributed by atoms with van der Waals surface area (Å²) in [7, 11) is 4.50. The van der Waals surface area contributed by atoms with Crippen molar-refractivity contribution in [2.45, 2.75) is 44.7 Å². The molecule has 0 amide bonds. The van der Waals surface area contributed by atoms with Gasteiger partial charge in [0.1, 0.15) is 13.1 Å². The molecule has 1 N–H and O–H groups in total. The molecule has 2 aromatic carbocycles. The van der Waals surface area contributed by atoms with Gasteiger partial charge in [-0.1, -0.05) is 67.4 Å². The summed E-state index contributed by atoms with van der Waals surface area (Å²) < 4.78 is 0.893. The Hall–Kier alpha value is -2.13. The highest BCUT2D eigenvalue weighted by molar-refractivity contribution is 5.71. The molecule has 138 valence electrons. The number of aliphatic carboxylic acids is 1. The average Bonchev–Trinajstić information content (AvgIpc) is 2.62. The molecule has 2 aromatic rings. The molecule has 1 saturated carbocycles. The molecule has 0 unspecified atom stereocenters. The number of carboxylic acids is 1. The van der Waals surface area contributed by atoms with Gasteiger partial charge >= 0.3 is 5.97 Å². The van der Waals surface area contributed by atoms with E-state index in [1.165, 1.54) is 16.7 Å². The van der Waals surface area contributed by atoms with Crippen LogP contribution in [0.5, 0.6) is 0 Å². The summed E-state index contributed by atoms with van der Waals surface area (Å²) in [5.41, 5.74) is 3.84. The molecule has 0 heterocycles. The van der Waals surface area contributed by atoms with Crippen molar-refractivity contribution >= 4 is 5.97 Å². The second kappa shape index (κ2) is 8.05. The highest BCUT2D eigenvalue weighted by Crippen LogP contribution is 2.38. The van der Waals surface area contributed by atoms with E-state index in [2.05, 4.69) is 68.7 Å². The molecule has 1 aliphatic carbocycles. The van der Waals surface area contributed by atoms with E-state index in [1.54, 1.807) is 0 Å². The van der Waals surface area contributed by atoms with E-state index in [0.717, 1.165) is 43.3 Å². The highest BCUT2D eigenvalue weighted by atomic mass is 16.4. The first kappa shape index (κ1) is 18.7. The number of carboxylic acid groups (broad SMARTS) is 1. The lowest BCUT2D eigenvalue weighted by Gasteiger charge is -2.31. The third kappa shape index (κ3) is 4.73. The first-order chi connectivity index (χ1) is 12.4. The maximum Gasteiger partial charge on any atom is 0.307 e. The lowest BCUT2D eigenvalue weighted by atomic mass is 9.75. The minimum absolute atomic E-state index is 0.169. The van der Waals surface area contributed by atoms with Crippen LogP contribution in [0.4, 0.5) is 0 Å². The Balaban J connectivity index is 1.68. The minimum atomic E-state index is -0.639. The van der Waals surface area contributed by atoms with Crippen LogP contribution in [0.25, 0.3) is 0 Å². The van der Waals surface area contributed by atoms with Crippen molar-refractivity contribution in [2.24, 2.45) is 5.92 Å². The van der Waals surface area contributed by atoms with Gasteiger partial charge in [0, 0.05) is 11.1 Å². The summed E-state index contributed by atoms with van der Waals surface area (Å²) in [5, 5.41) is 9.52. The van der Waals surface area contributed by atoms with Gasteiger partial charge in [0.25, 0.3) is 0 Å². The third-order valence-corrected chi connectivity index (χ3v) is 5.56. The first-order valence-electron chi connectivity index (χ1n) is 9.62. The fourth-order valence-electron chi connectivity index (χ4n) is 4.32. The van der Waals surface area contributed by atoms with Crippen molar-refractivity contribution in [3.63, 3.8) is 0 Å². The molecule has 0 radical (unpaired) electrons. The van der Waals surface area contributed by atoms with Crippen LogP contribution in [-0.4, -0.2) is 29.7 Å². The SMILES string of the molecule is C[N+](C)(Cc1ccccc1)Cc1ccc([C@H]2CCCC[C@@H]2C(=O)O)cc1. The van der Waals surface area contributed by atoms with Crippen molar-refractivity contribution < 1.29 is 14.4 Å². The number of carbonyl (C=O) groups is 1. The zero-order valence-electron chi connectivity index (χ0n) is 15.9. The van der Waals surface area contributed by atoms with Crippen LogP contribution in [0, 0.1) is 5.92 Å². The quantitative estimate of drug-likeness (QED) is 0.757. The molecule has 0 aliphatic heterocycles. The number of hydrogen-bond donors (Lipinski definition) is 1. The lowest BCUT2D eigenvalue weighted by Crippen LogP contribution is -2.37. The van der Waals surface area contributed by atoms with Crippen LogP contribution < -0.4 is 0 Å². The van der Waals surface area contributed by atoms with Crippen LogP contribution >= 0.6 is 0 Å². The molecule has 3 nitrogen and oxygen atoms in total. The molecular formula is C23H30NO2+. The van der Waals surface area contributed by atoms with Crippen molar-refractivity contribution in [3.8, 4) is 0 Å². The zero-order valence-corrected chi connectivity index (χ0v) is 15.9. The van der Waals surface area contributed by atoms with E-state index in [9.17, 15) is 9.90 Å². The molecule has 0 aromatic heterocycles. The Bertz CT molecular complexity index is 722. The number of nitrogens with zero attached hydrogens (tertiary/aromatic N) is 1. The molecule has 1 aliphatic rings. The van der Waals surface area contributed by atoms with Gasteiger partial charge in [-0.3, -0.25) is 4.79 Å². The predicted octanol–water partition coefficient (Wildman–Crippen LogP) is 4.82. The molecule has 26 heavy (non-hydrogen) atoms. The van der Waals surface area contributed by atoms with Gasteiger partial charge in [-0.2, -0.15) is 0 Å². The van der Waals surface area contributed by atoms with Gasteiger partial charge in [0.15, 0.2) is 0 Å². The number of benzene rings is 2. The van der Waals surface area contributed by atoms with Crippen LogP contribution in [0.1, 0.15) is 48.3 Å². The summed E-state index contributed by atoms with van der Waals surface area (Å²) in [6, 6.07) is 19.3. The van der Waals surface area contributed by atoms with Gasteiger partial charge in [0.05, 0.1) is 20.0 Å². The molecule has 3 heteroatoms. The molecule has 3 rings (SSSR count). The van der Waals surface area contributed by atoms with E-state index in [-0.39, 0.29) is 11.8 Å². The Morgan fingerprint density at radius 1 is 0.923 bits per heavy atom. The maximum atomic E-state index is 11.6. The molecule has 0 bridgehead atoms. The van der Waals surface area contributed by atoms with Gasteiger partial charge in [0.2, 0.25) is 0 Å². The van der Waals surface area contributed by atoms with Gasteiger partial charge in [-0.15, -0.1) is 0 Å². The largest absolute Gasteiger partial charge is 0.481 e. The van der Waals surface area contributed by atoms with Crippen LogP contribution in [-0.2, 0) is 17.9 Å². The second-order valence-corrected chi connectivity index (χ2v) is 8.31. The molecule has 0 spiro atoms. The Morgan fingerprint density at radius 3 is 2.12 bits per heavy atom. The fourth-order valence-corrected chi connectivity index (χ4v) is 4.32. The molecule has 0 saturated heterocycles. The van der Waals surface area contributed by atoms with Crippen LogP contribution in [0.3, 0.4) is 0 Å². The number of quaternary nitrogens is 1. The predicted molar refractivity (Wildman–Crippen MR) is 105 cm³/mol. The Morgan fingerprint density at radius 2 is 1.50 bits per heavy atom. The molecule has 2 atom stereocenters. The maximum absolute atomic E-state index is 11.6. The monoisotopic (exact) mass is 352 g/mol. The van der Waals surface area contributed by atoms with Gasteiger partial charge in [-0.25, -0.2) is 0 Å². The summed E-state index contributed by atoms with van der Waals surface area (Å²) in [6.45, 7) is 1.95. The summed E-state index contributed by atoms with van der Waals surface area (Å²) in [6.07, 6.45) is 3.97. The number of rotatable bonds is 6. The number of hydrogen-bond acceptors (Lipinski definition) is 1. The minimum Gasteiger partial charge on any atom is -0.481 e. The normalized spacial score (nSPS) is 20.7. The van der Waals surface area contributed by atoms with Crippen LogP contribution in [0.2, 0.25) is 0 Å². The Kier molecular flexibility index (Phi) is 5.77. The Labute approximate surface area is 156 Å². The standard InChI is InChI=1S/C23H29NO2/c1-24(2,16-18-8-4-3-5-9-18)17-19-12-14-20(15-13-19)21-10-6-7-11-22(21)23(25)26/h3-5,8-9,12-15,21-22H,6-7,10-11,16-17H2,1-2H3/p+1/t21-,22+/m1/s1. The molecular weight excluding hydrogens is 322 g/mol. The summed E-state index contributed by atoms with van der Waals surface area (Å²) >= 11 is 0. The van der Waals surface area contributed by atoms with E-state index in [4.69, 9.17) is 0 Å². The second-order valence-electron chi connectivity index (χ2n) is 8.31. The average molecular weight is 352 g/mol. The highest BCUT2D eigenvalue weighted by Gasteiger charge is 2.31. The third-order valence-electron chi connectivity index (χ3n) is 5.56. The van der Waals surface area contributed by atoms with Crippen molar-refractivity contribution in [1.82, 2.24) is 0 Å². The summed E-state index contributed by atoms with van der Waals surface area (Å²) in [4.78, 5) is 11.6. The molecule has 1 fully saturated rings. The van der Waals surface area contributed by atoms with Gasteiger partial charge < -0.3 is 9.59 Å². The van der Waals surface area contributed by atoms with E-state index >= 15 is 0 Å². The zero-order chi connectivity index (χ0) is 18.6. The van der Waals surface area contributed by atoms with E-state index < -0.39 is 5.97 Å². The lowest BCUT2D eigenvalue weighted by molar-refractivity contribution is -0.916. The fraction of sp³-hybridized carbons (Fsp3) is 0.435. The van der Waals surface area contributed by atoms with Crippen molar-refractivity contribution in [2.75, 3.05) is 14.1 Å². The smallest absolute Gasteiger partial charge is 0.307 e. The van der Waals surface area contributed by atoms with Crippen LogP contribution in [0.15, 0.2) is 54.6 Å². The van der Waals surface area contributed by atoms with Gasteiger partial charge in [-0.05, 0) is 24.3 Å². The van der Waals surface area contributed by atoms with Crippen molar-refractivity contribution in [3.05, 3.63) is 71.3 Å². The van der Waals surface area contributed by atoms with Crippen molar-refractivity contribution in [1.29, 1.82) is 0 Å². The topological polar surface area (TPSA) is 37.3 Å². The van der Waals surface area contributed by atoms with E-state index in [1.807, 2.05) is 0 Å². The first-order valence-corrected chi connectivity index (χ1v) is 9.62. The van der Waals surface area contributed by atoms with E-state index in [0.29, 0.717) is 0 Å².